The number of pyridine rings is 1. The normalized spacial score (nSPS) is 19.2. The highest BCUT2D eigenvalue weighted by Gasteiger charge is 2.38. The predicted molar refractivity (Wildman–Crippen MR) is 103 cm³/mol. The number of hydrogen-bond acceptors (Lipinski definition) is 4. The zero-order valence-electron chi connectivity index (χ0n) is 15.4. The maximum Gasteiger partial charge on any atom is 0.490 e. The van der Waals surface area contributed by atoms with Gasteiger partial charge in [0.25, 0.3) is 5.91 Å². The van der Waals surface area contributed by atoms with Crippen LogP contribution in [0.5, 0.6) is 0 Å². The van der Waals surface area contributed by atoms with Gasteiger partial charge in [-0.1, -0.05) is 17.7 Å². The van der Waals surface area contributed by atoms with Crippen LogP contribution in [0.15, 0.2) is 30.3 Å². The number of benzene rings is 1. The van der Waals surface area contributed by atoms with E-state index in [4.69, 9.17) is 27.2 Å². The van der Waals surface area contributed by atoms with E-state index in [1.807, 2.05) is 18.2 Å². The molecule has 158 valence electrons. The van der Waals surface area contributed by atoms with Crippen LogP contribution < -0.4 is 11.1 Å². The number of aliphatic carboxylic acids is 1. The zero-order chi connectivity index (χ0) is 21.6. The summed E-state index contributed by atoms with van der Waals surface area (Å²) in [5, 5.41) is 11.8. The number of rotatable bonds is 3. The molecule has 1 saturated carbocycles. The number of fused-ring (bicyclic) bond motifs is 1. The molecule has 1 amide bonds. The van der Waals surface area contributed by atoms with Gasteiger partial charge in [0, 0.05) is 16.5 Å². The summed E-state index contributed by atoms with van der Waals surface area (Å²) in [5.74, 6) is -2.25. The van der Waals surface area contributed by atoms with Crippen molar-refractivity contribution in [3.63, 3.8) is 0 Å². The average Bonchev–Trinajstić information content (AvgIpc) is 2.67. The predicted octanol–water partition coefficient (Wildman–Crippen LogP) is 3.77. The Morgan fingerprint density at radius 3 is 2.34 bits per heavy atom. The van der Waals surface area contributed by atoms with E-state index in [-0.39, 0.29) is 11.9 Å². The molecule has 0 aliphatic heterocycles. The highest BCUT2D eigenvalue weighted by atomic mass is 35.5. The largest absolute Gasteiger partial charge is 0.490 e. The maximum atomic E-state index is 12.4. The fourth-order valence-corrected chi connectivity index (χ4v) is 3.21. The number of aromatic nitrogens is 1. The van der Waals surface area contributed by atoms with Crippen LogP contribution in [0.1, 0.15) is 36.2 Å². The molecule has 0 spiro atoms. The Morgan fingerprint density at radius 1 is 1.17 bits per heavy atom. The van der Waals surface area contributed by atoms with E-state index < -0.39 is 12.1 Å². The third-order valence-electron chi connectivity index (χ3n) is 4.64. The van der Waals surface area contributed by atoms with E-state index in [0.717, 1.165) is 43.1 Å². The van der Waals surface area contributed by atoms with E-state index in [1.165, 1.54) is 0 Å². The lowest BCUT2D eigenvalue weighted by molar-refractivity contribution is -0.192. The van der Waals surface area contributed by atoms with Crippen molar-refractivity contribution in [2.45, 2.75) is 37.9 Å². The molecule has 3 rings (SSSR count). The summed E-state index contributed by atoms with van der Waals surface area (Å²) in [7, 11) is 0. The minimum Gasteiger partial charge on any atom is -0.475 e. The average molecular weight is 432 g/mol. The smallest absolute Gasteiger partial charge is 0.475 e. The molecule has 0 radical (unpaired) electrons. The van der Waals surface area contributed by atoms with Crippen molar-refractivity contribution >= 4 is 34.4 Å². The van der Waals surface area contributed by atoms with Gasteiger partial charge in [-0.3, -0.25) is 4.79 Å². The van der Waals surface area contributed by atoms with Gasteiger partial charge in [-0.2, -0.15) is 13.2 Å². The fraction of sp³-hybridized carbons (Fsp3) is 0.421. The number of carbonyl (C=O) groups is 2. The molecule has 1 aliphatic carbocycles. The fourth-order valence-electron chi connectivity index (χ4n) is 3.02. The number of carbonyl (C=O) groups excluding carboxylic acids is 1. The van der Waals surface area contributed by atoms with Gasteiger partial charge >= 0.3 is 12.1 Å². The molecule has 1 aromatic carbocycles. The van der Waals surface area contributed by atoms with Gasteiger partial charge in [-0.25, -0.2) is 9.78 Å². The van der Waals surface area contributed by atoms with E-state index in [0.29, 0.717) is 16.6 Å². The topological polar surface area (TPSA) is 105 Å². The van der Waals surface area contributed by atoms with Crippen LogP contribution >= 0.6 is 11.6 Å². The number of nitrogens with one attached hydrogen (secondary N) is 1. The van der Waals surface area contributed by atoms with Crippen molar-refractivity contribution in [2.75, 3.05) is 6.54 Å². The summed E-state index contributed by atoms with van der Waals surface area (Å²) in [4.78, 5) is 25.7. The molecule has 0 atom stereocenters. The molecular weight excluding hydrogens is 411 g/mol. The van der Waals surface area contributed by atoms with E-state index in [2.05, 4.69) is 10.3 Å². The zero-order valence-corrected chi connectivity index (χ0v) is 16.1. The Hall–Kier alpha value is -2.39. The summed E-state index contributed by atoms with van der Waals surface area (Å²) in [5.41, 5.74) is 6.93. The first kappa shape index (κ1) is 22.9. The lowest BCUT2D eigenvalue weighted by atomic mass is 9.86. The molecule has 0 bridgehead atoms. The SMILES string of the molecule is NC[C@H]1CC[C@H](NC(=O)c2ccc3cc(Cl)ccc3n2)CC1.O=C(O)C(F)(F)F. The number of nitrogens with zero attached hydrogens (tertiary/aromatic N) is 1. The number of carboxylic acids is 1. The molecule has 1 heterocycles. The molecule has 4 N–H and O–H groups in total. The summed E-state index contributed by atoms with van der Waals surface area (Å²) in [6.45, 7) is 0.745. The third-order valence-corrected chi connectivity index (χ3v) is 4.88. The molecule has 1 aromatic heterocycles. The molecule has 1 fully saturated rings. The molecule has 10 heteroatoms. The standard InChI is InChI=1S/C17H20ClN3O.C2HF3O2/c18-13-4-8-15-12(9-13)3-7-16(21-15)17(22)20-14-5-1-11(10-19)2-6-14;3-2(4,5)1(6)7/h3-4,7-9,11,14H,1-2,5-6,10,19H2,(H,20,22);(H,6,7)/t11-,14-;. The second kappa shape index (κ2) is 9.89. The molecule has 2 aromatic rings. The summed E-state index contributed by atoms with van der Waals surface area (Å²) < 4.78 is 31.7. The van der Waals surface area contributed by atoms with Crippen LogP contribution in [0.25, 0.3) is 10.9 Å². The molecule has 6 nitrogen and oxygen atoms in total. The molecule has 1 aliphatic rings. The Bertz CT molecular complexity index is 869. The summed E-state index contributed by atoms with van der Waals surface area (Å²) >= 11 is 5.96. The van der Waals surface area contributed by atoms with Gasteiger partial charge in [0.15, 0.2) is 0 Å². The number of nitrogens with two attached hydrogens (primary N) is 1. The van der Waals surface area contributed by atoms with Crippen LogP contribution in [-0.2, 0) is 4.79 Å². The lowest BCUT2D eigenvalue weighted by Crippen LogP contribution is -2.38. The first-order valence-electron chi connectivity index (χ1n) is 8.97. The molecule has 0 unspecified atom stereocenters. The van der Waals surface area contributed by atoms with E-state index >= 15 is 0 Å². The van der Waals surface area contributed by atoms with Crippen molar-refractivity contribution < 1.29 is 27.9 Å². The highest BCUT2D eigenvalue weighted by Crippen LogP contribution is 2.24. The van der Waals surface area contributed by atoms with E-state index in [1.54, 1.807) is 12.1 Å². The number of halogens is 4. The molecular formula is C19H21ClF3N3O3. The van der Waals surface area contributed by atoms with Crippen molar-refractivity contribution in [3.8, 4) is 0 Å². The van der Waals surface area contributed by atoms with Gasteiger partial charge in [0.1, 0.15) is 5.69 Å². The summed E-state index contributed by atoms with van der Waals surface area (Å²) in [6.07, 6.45) is -0.913. The van der Waals surface area contributed by atoms with Crippen LogP contribution in [0.2, 0.25) is 5.02 Å². The van der Waals surface area contributed by atoms with E-state index in [9.17, 15) is 18.0 Å². The second-order valence-corrected chi connectivity index (χ2v) is 7.20. The maximum absolute atomic E-state index is 12.4. The first-order valence-corrected chi connectivity index (χ1v) is 9.35. The highest BCUT2D eigenvalue weighted by molar-refractivity contribution is 6.31. The number of carboxylic acid groups (broad SMARTS) is 1. The Balaban J connectivity index is 0.000000370. The quantitative estimate of drug-likeness (QED) is 0.686. The van der Waals surface area contributed by atoms with Crippen molar-refractivity contribution in [3.05, 3.63) is 41.0 Å². The number of amides is 1. The molecule has 29 heavy (non-hydrogen) atoms. The number of alkyl halides is 3. The van der Waals surface area contributed by atoms with Crippen LogP contribution in [0.4, 0.5) is 13.2 Å². The minimum atomic E-state index is -5.08. The van der Waals surface area contributed by atoms with Crippen molar-refractivity contribution in [1.29, 1.82) is 0 Å². The van der Waals surface area contributed by atoms with Gasteiger partial charge in [0.05, 0.1) is 5.52 Å². The Labute approximate surface area is 170 Å². The van der Waals surface area contributed by atoms with Crippen LogP contribution in [0, 0.1) is 5.92 Å². The number of hydrogen-bond donors (Lipinski definition) is 3. The lowest BCUT2D eigenvalue weighted by Gasteiger charge is -2.28. The third kappa shape index (κ3) is 6.86. The van der Waals surface area contributed by atoms with Gasteiger partial charge in [-0.15, -0.1) is 0 Å². The van der Waals surface area contributed by atoms with Gasteiger partial charge in [-0.05, 0) is 62.4 Å². The van der Waals surface area contributed by atoms with Gasteiger partial charge < -0.3 is 16.2 Å². The van der Waals surface area contributed by atoms with Gasteiger partial charge in [0.2, 0.25) is 0 Å². The van der Waals surface area contributed by atoms with Crippen molar-refractivity contribution in [1.82, 2.24) is 10.3 Å². The first-order chi connectivity index (χ1) is 13.6. The Morgan fingerprint density at radius 2 is 1.79 bits per heavy atom. The summed E-state index contributed by atoms with van der Waals surface area (Å²) in [6, 6.07) is 9.33. The van der Waals surface area contributed by atoms with Crippen LogP contribution in [0.3, 0.4) is 0 Å². The second-order valence-electron chi connectivity index (χ2n) is 6.76. The monoisotopic (exact) mass is 431 g/mol. The Kier molecular flexibility index (Phi) is 7.80. The molecule has 0 saturated heterocycles. The van der Waals surface area contributed by atoms with Crippen LogP contribution in [-0.4, -0.2) is 40.7 Å². The van der Waals surface area contributed by atoms with Crippen molar-refractivity contribution in [2.24, 2.45) is 11.7 Å². The minimum absolute atomic E-state index is 0.104.